The van der Waals surface area contributed by atoms with Gasteiger partial charge in [-0.25, -0.2) is 8.78 Å². The molecule has 0 radical (unpaired) electrons. The molecule has 1 saturated heterocycles. The largest absolute Gasteiger partial charge is 0.508 e. The number of aryl methyl sites for hydroxylation is 1. The number of aliphatic hydroxyl groups excluding tert-OH is 1. The summed E-state index contributed by atoms with van der Waals surface area (Å²) in [4.78, 5) is 14.5. The summed E-state index contributed by atoms with van der Waals surface area (Å²) in [7, 11) is 0. The van der Waals surface area contributed by atoms with Crippen LogP contribution >= 0.6 is 0 Å². The number of β-lactam (4-membered cyclic amide) rings is 1. The Balaban J connectivity index is 1.58. The number of carbonyl (C=O) groups excluding carboxylic acids is 1. The molecule has 0 aromatic heterocycles. The molecule has 1 aliphatic rings. The highest BCUT2D eigenvalue weighted by Crippen LogP contribution is 2.42. The Kier molecular flexibility index (Phi) is 5.50. The van der Waals surface area contributed by atoms with E-state index in [4.69, 9.17) is 0 Å². The predicted octanol–water partition coefficient (Wildman–Crippen LogP) is 4.16. The molecule has 0 unspecified atom stereocenters. The van der Waals surface area contributed by atoms with Crippen LogP contribution in [0.4, 0.5) is 14.5 Å². The topological polar surface area (TPSA) is 60.8 Å². The minimum Gasteiger partial charge on any atom is -0.508 e. The van der Waals surface area contributed by atoms with Crippen LogP contribution in [-0.4, -0.2) is 28.3 Å². The first-order chi connectivity index (χ1) is 14.4. The number of amides is 1. The van der Waals surface area contributed by atoms with E-state index in [0.717, 1.165) is 5.56 Å². The molecule has 0 saturated carbocycles. The smallest absolute Gasteiger partial charge is 0.237 e. The van der Waals surface area contributed by atoms with Gasteiger partial charge in [0.15, 0.2) is 0 Å². The summed E-state index contributed by atoms with van der Waals surface area (Å²) in [6.45, 7) is 0. The molecule has 1 amide bonds. The third kappa shape index (κ3) is 3.91. The fourth-order valence-corrected chi connectivity index (χ4v) is 3.96. The Hall–Kier alpha value is -3.25. The minimum atomic E-state index is -0.850. The highest BCUT2D eigenvalue weighted by atomic mass is 19.1. The molecule has 0 aliphatic carbocycles. The third-order valence-electron chi connectivity index (χ3n) is 5.54. The van der Waals surface area contributed by atoms with Gasteiger partial charge in [-0.05, 0) is 72.5 Å². The van der Waals surface area contributed by atoms with Crippen molar-refractivity contribution in [2.45, 2.75) is 30.9 Å². The maximum absolute atomic E-state index is 13.3. The van der Waals surface area contributed by atoms with Crippen molar-refractivity contribution in [3.63, 3.8) is 0 Å². The van der Waals surface area contributed by atoms with Crippen molar-refractivity contribution in [2.75, 3.05) is 4.90 Å². The van der Waals surface area contributed by atoms with Crippen LogP contribution in [0.2, 0.25) is 0 Å². The van der Waals surface area contributed by atoms with Crippen LogP contribution < -0.4 is 4.90 Å². The summed E-state index contributed by atoms with van der Waals surface area (Å²) >= 11 is 0. The second kappa shape index (κ2) is 8.24. The minimum absolute atomic E-state index is 0.0920. The Morgan fingerprint density at radius 2 is 1.43 bits per heavy atom. The number of rotatable bonds is 6. The van der Waals surface area contributed by atoms with Gasteiger partial charge in [-0.3, -0.25) is 4.79 Å². The number of phenolic OH excluding ortho intramolecular Hbond substituents is 1. The van der Waals surface area contributed by atoms with Gasteiger partial charge in [0.05, 0.1) is 18.1 Å². The quantitative estimate of drug-likeness (QED) is 0.601. The van der Waals surface area contributed by atoms with E-state index in [-0.39, 0.29) is 17.5 Å². The molecule has 0 bridgehead atoms. The first-order valence-corrected chi connectivity index (χ1v) is 9.74. The van der Waals surface area contributed by atoms with E-state index in [1.165, 1.54) is 53.4 Å². The Morgan fingerprint density at radius 3 is 2.03 bits per heavy atom. The van der Waals surface area contributed by atoms with Gasteiger partial charge in [0.2, 0.25) is 5.91 Å². The van der Waals surface area contributed by atoms with Crippen LogP contribution in [0.5, 0.6) is 5.75 Å². The van der Waals surface area contributed by atoms with Crippen LogP contribution in [-0.2, 0) is 11.2 Å². The number of carbonyl (C=O) groups is 1. The highest BCUT2D eigenvalue weighted by molar-refractivity contribution is 6.06. The summed E-state index contributed by atoms with van der Waals surface area (Å²) in [6.07, 6.45) is 0.0401. The monoisotopic (exact) mass is 409 g/mol. The maximum Gasteiger partial charge on any atom is 0.237 e. The lowest BCUT2D eigenvalue weighted by molar-refractivity contribution is -0.129. The summed E-state index contributed by atoms with van der Waals surface area (Å²) in [5.41, 5.74) is 2.10. The molecule has 3 atom stereocenters. The predicted molar refractivity (Wildman–Crippen MR) is 109 cm³/mol. The Morgan fingerprint density at radius 1 is 0.867 bits per heavy atom. The van der Waals surface area contributed by atoms with Crippen LogP contribution in [0.1, 0.15) is 23.5 Å². The van der Waals surface area contributed by atoms with E-state index in [1.54, 1.807) is 24.3 Å². The van der Waals surface area contributed by atoms with Gasteiger partial charge in [0.1, 0.15) is 17.4 Å². The van der Waals surface area contributed by atoms with Crippen molar-refractivity contribution in [2.24, 2.45) is 0 Å². The van der Waals surface area contributed by atoms with Gasteiger partial charge in [0.25, 0.3) is 0 Å². The molecule has 3 aromatic carbocycles. The number of nitrogens with zero attached hydrogens (tertiary/aromatic N) is 1. The van der Waals surface area contributed by atoms with E-state index in [2.05, 4.69) is 0 Å². The van der Waals surface area contributed by atoms with Crippen molar-refractivity contribution in [3.05, 3.63) is 95.6 Å². The zero-order chi connectivity index (χ0) is 21.3. The molecule has 1 heterocycles. The maximum atomic E-state index is 13.3. The van der Waals surface area contributed by atoms with Gasteiger partial charge < -0.3 is 15.1 Å². The molecule has 6 heteroatoms. The second-order valence-corrected chi connectivity index (χ2v) is 7.48. The van der Waals surface area contributed by atoms with Gasteiger partial charge in [-0.15, -0.1) is 0 Å². The summed E-state index contributed by atoms with van der Waals surface area (Å²) < 4.78 is 26.5. The number of aliphatic hydroxyl groups is 1. The van der Waals surface area contributed by atoms with Crippen LogP contribution in [0.25, 0.3) is 0 Å². The van der Waals surface area contributed by atoms with Crippen molar-refractivity contribution >= 4 is 11.6 Å². The van der Waals surface area contributed by atoms with Crippen LogP contribution in [0.3, 0.4) is 0 Å². The lowest BCUT2D eigenvalue weighted by atomic mass is 9.77. The van der Waals surface area contributed by atoms with E-state index in [1.807, 2.05) is 0 Å². The fraction of sp³-hybridized carbons (Fsp3) is 0.208. The van der Waals surface area contributed by atoms with Crippen molar-refractivity contribution in [3.8, 4) is 5.75 Å². The van der Waals surface area contributed by atoms with Crippen molar-refractivity contribution in [1.82, 2.24) is 0 Å². The average Bonchev–Trinajstić information content (AvgIpc) is 2.74. The summed E-state index contributed by atoms with van der Waals surface area (Å²) in [6, 6.07) is 17.5. The molecule has 0 spiro atoms. The number of aromatic hydroxyl groups is 1. The molecular formula is C24H21F2NO3. The molecule has 4 nitrogen and oxygen atoms in total. The highest BCUT2D eigenvalue weighted by Gasteiger charge is 2.51. The van der Waals surface area contributed by atoms with Gasteiger partial charge in [-0.2, -0.15) is 0 Å². The molecule has 30 heavy (non-hydrogen) atoms. The number of phenols is 1. The normalized spacial score (nSPS) is 19.4. The second-order valence-electron chi connectivity index (χ2n) is 7.48. The number of halogens is 2. The molecule has 1 aliphatic heterocycles. The Labute approximate surface area is 173 Å². The lowest BCUT2D eigenvalue weighted by Gasteiger charge is -2.49. The molecule has 4 rings (SSSR count). The number of hydrogen-bond acceptors (Lipinski definition) is 3. The van der Waals surface area contributed by atoms with Crippen molar-refractivity contribution in [1.29, 1.82) is 0 Å². The Bertz CT molecular complexity index is 964. The number of hydrogen-bond donors (Lipinski definition) is 2. The van der Waals surface area contributed by atoms with Crippen LogP contribution in [0.15, 0.2) is 72.8 Å². The zero-order valence-corrected chi connectivity index (χ0v) is 16.1. The first kappa shape index (κ1) is 20.0. The average molecular weight is 409 g/mol. The van der Waals surface area contributed by atoms with E-state index in [0.29, 0.717) is 24.1 Å². The third-order valence-corrected chi connectivity index (χ3v) is 5.54. The fourth-order valence-electron chi connectivity index (χ4n) is 3.96. The number of anilines is 1. The lowest BCUT2D eigenvalue weighted by Crippen LogP contribution is -2.64. The van der Waals surface area contributed by atoms with E-state index < -0.39 is 23.9 Å². The van der Waals surface area contributed by atoms with Gasteiger partial charge in [-0.1, -0.05) is 24.3 Å². The molecule has 3 aromatic rings. The van der Waals surface area contributed by atoms with Gasteiger partial charge >= 0.3 is 0 Å². The SMILES string of the molecule is O=C1[C@H](c2ccc(O)cc2)[C@@H]([C@@H](O)CCc2ccc(F)cc2)N1c1ccc(F)cc1. The zero-order valence-electron chi connectivity index (χ0n) is 16.1. The summed E-state index contributed by atoms with van der Waals surface area (Å²) in [5.74, 6) is -1.40. The number of benzene rings is 3. The van der Waals surface area contributed by atoms with Gasteiger partial charge in [0, 0.05) is 5.69 Å². The summed E-state index contributed by atoms with van der Waals surface area (Å²) in [5, 5.41) is 20.5. The molecule has 1 fully saturated rings. The van der Waals surface area contributed by atoms with Crippen molar-refractivity contribution < 1.29 is 23.8 Å². The first-order valence-electron chi connectivity index (χ1n) is 9.74. The molecule has 154 valence electrons. The van der Waals surface area contributed by atoms with E-state index >= 15 is 0 Å². The van der Waals surface area contributed by atoms with E-state index in [9.17, 15) is 23.8 Å². The standard InChI is InChI=1S/C24H21F2NO3/c25-17-6-1-15(2-7-17)3-14-21(29)23-22(16-4-12-20(28)13-5-16)24(30)27(23)19-10-8-18(26)9-11-19/h1-2,4-13,21-23,28-29H,3,14H2/t21-,22+,23+/m0/s1. The molecular weight excluding hydrogens is 388 g/mol. The van der Waals surface area contributed by atoms with Crippen LogP contribution in [0, 0.1) is 11.6 Å². The molecule has 2 N–H and O–H groups in total.